The van der Waals surface area contributed by atoms with Crippen LogP contribution in [-0.4, -0.2) is 45.8 Å². The summed E-state index contributed by atoms with van der Waals surface area (Å²) in [7, 11) is 0. The summed E-state index contributed by atoms with van der Waals surface area (Å²) in [5, 5.41) is 3.80. The van der Waals surface area contributed by atoms with Gasteiger partial charge in [0.1, 0.15) is 5.60 Å². The first kappa shape index (κ1) is 38.7. The monoisotopic (exact) mass is 762 g/mol. The molecule has 0 N–H and O–H groups in total. The van der Waals surface area contributed by atoms with Crippen molar-refractivity contribution < 1.29 is 14.3 Å². The Labute approximate surface area is 314 Å². The molecule has 272 valence electrons. The number of hydrogen-bond donors (Lipinski definition) is 0. The van der Waals surface area contributed by atoms with Crippen molar-refractivity contribution in [2.24, 2.45) is 0 Å². The molecular weight excluding hydrogens is 704 g/mol. The van der Waals surface area contributed by atoms with Gasteiger partial charge in [-0.1, -0.05) is 95.6 Å². The van der Waals surface area contributed by atoms with Crippen LogP contribution >= 0.6 is 27.3 Å². The summed E-state index contributed by atoms with van der Waals surface area (Å²) < 4.78 is 5.53. The zero-order valence-corrected chi connectivity index (χ0v) is 34.8. The molecule has 50 heavy (non-hydrogen) atoms. The minimum atomic E-state index is -0.448. The number of hydrogen-bond acceptors (Lipinski definition) is 5. The molecule has 1 aliphatic heterocycles. The molecule has 1 saturated heterocycles. The van der Waals surface area contributed by atoms with Gasteiger partial charge in [-0.25, -0.2) is 9.78 Å². The predicted octanol–water partition coefficient (Wildman–Crippen LogP) is 11.9. The average Bonchev–Trinajstić information content (AvgIpc) is 3.55. The van der Waals surface area contributed by atoms with E-state index in [2.05, 4.69) is 107 Å². The Bertz CT molecular complexity index is 1720. The lowest BCUT2D eigenvalue weighted by molar-refractivity contribution is 0.0204. The minimum absolute atomic E-state index is 0.164. The van der Waals surface area contributed by atoms with Gasteiger partial charge in [-0.3, -0.25) is 4.79 Å². The normalized spacial score (nSPS) is 20.5. The highest BCUT2D eigenvalue weighted by Gasteiger charge is 2.38. The van der Waals surface area contributed by atoms with Crippen molar-refractivity contribution in [1.82, 2.24) is 9.88 Å². The van der Waals surface area contributed by atoms with Crippen LogP contribution in [0.5, 0.6) is 0 Å². The number of fused-ring (bicyclic) bond motifs is 2. The molecule has 2 aromatic carbocycles. The lowest BCUT2D eigenvalue weighted by Gasteiger charge is -2.42. The molecular formula is C43H59BrN2O3S. The largest absolute Gasteiger partial charge is 0.444 e. The van der Waals surface area contributed by atoms with Crippen LogP contribution < -0.4 is 0 Å². The van der Waals surface area contributed by atoms with Crippen LogP contribution in [0.25, 0.3) is 11.3 Å². The molecule has 7 heteroatoms. The van der Waals surface area contributed by atoms with E-state index in [1.54, 1.807) is 11.3 Å². The Balaban J connectivity index is 0.000000228. The lowest BCUT2D eigenvalue weighted by atomic mass is 9.63. The van der Waals surface area contributed by atoms with E-state index in [9.17, 15) is 9.59 Å². The van der Waals surface area contributed by atoms with Gasteiger partial charge in [0, 0.05) is 35.5 Å². The Hall–Kier alpha value is -2.51. The van der Waals surface area contributed by atoms with Gasteiger partial charge >= 0.3 is 6.09 Å². The number of thiazole rings is 1. The van der Waals surface area contributed by atoms with Gasteiger partial charge in [0.05, 0.1) is 16.0 Å². The molecule has 0 spiro atoms. The molecule has 0 bridgehead atoms. The van der Waals surface area contributed by atoms with E-state index in [1.165, 1.54) is 58.5 Å². The number of ketones is 1. The molecule has 3 aliphatic rings. The predicted molar refractivity (Wildman–Crippen MR) is 212 cm³/mol. The molecule has 0 radical (unpaired) electrons. The van der Waals surface area contributed by atoms with E-state index in [-0.39, 0.29) is 33.5 Å². The molecule has 0 unspecified atom stereocenters. The van der Waals surface area contributed by atoms with Crippen molar-refractivity contribution in [3.8, 4) is 11.3 Å². The molecule has 0 saturated carbocycles. The van der Waals surface area contributed by atoms with Crippen molar-refractivity contribution in [3.05, 3.63) is 74.6 Å². The van der Waals surface area contributed by atoms with Crippen LogP contribution in [-0.2, 0) is 26.4 Å². The van der Waals surface area contributed by atoms with E-state index >= 15 is 0 Å². The van der Waals surface area contributed by atoms with Gasteiger partial charge in [-0.15, -0.1) is 11.3 Å². The van der Waals surface area contributed by atoms with E-state index in [4.69, 9.17) is 9.72 Å². The number of Topliss-reactive ketones (excluding diaryl/α,β-unsaturated/α-hetero) is 1. The van der Waals surface area contributed by atoms with E-state index in [0.717, 1.165) is 37.2 Å². The maximum absolute atomic E-state index is 12.4. The van der Waals surface area contributed by atoms with Crippen molar-refractivity contribution in [3.63, 3.8) is 0 Å². The third kappa shape index (κ3) is 8.41. The number of alkyl halides is 1. The van der Waals surface area contributed by atoms with Crippen LogP contribution in [0.2, 0.25) is 0 Å². The molecule has 0 atom stereocenters. The topological polar surface area (TPSA) is 59.5 Å². The highest BCUT2D eigenvalue weighted by Crippen LogP contribution is 2.48. The Morgan fingerprint density at radius 3 is 1.82 bits per heavy atom. The fraction of sp³-hybridized carbons (Fsp3) is 0.605. The number of carbonyl (C=O) groups is 2. The fourth-order valence-corrected chi connectivity index (χ4v) is 9.15. The summed E-state index contributed by atoms with van der Waals surface area (Å²) in [5.41, 5.74) is 9.25. The van der Waals surface area contributed by atoms with Gasteiger partial charge in [0.2, 0.25) is 0 Å². The number of piperidine rings is 1. The first-order valence-corrected chi connectivity index (χ1v) is 20.5. The van der Waals surface area contributed by atoms with Gasteiger partial charge in [0.15, 0.2) is 5.78 Å². The smallest absolute Gasteiger partial charge is 0.410 e. The minimum Gasteiger partial charge on any atom is -0.444 e. The Kier molecular flexibility index (Phi) is 10.9. The number of amides is 1. The van der Waals surface area contributed by atoms with Gasteiger partial charge in [-0.2, -0.15) is 0 Å². The lowest BCUT2D eigenvalue weighted by Crippen LogP contribution is -2.41. The Morgan fingerprint density at radius 2 is 1.30 bits per heavy atom. The number of aromatic nitrogens is 1. The second-order valence-electron chi connectivity index (χ2n) is 18.4. The van der Waals surface area contributed by atoms with Crippen LogP contribution in [0.15, 0.2) is 41.8 Å². The number of halogens is 1. The number of ether oxygens (including phenoxy) is 1. The summed E-state index contributed by atoms with van der Waals surface area (Å²) in [6, 6.07) is 13.2. The SMILES string of the molecule is CC(C)(C)OC(=O)N1CCC(c2nc(-c3ccc4c(c3)C(C)(C)CCC4(C)C)cs2)CC1.CC1(C)CCC(C)(C)c2cc(C(=O)CBr)ccc21. The van der Waals surface area contributed by atoms with Crippen molar-refractivity contribution in [2.45, 2.75) is 148 Å². The van der Waals surface area contributed by atoms with E-state index < -0.39 is 5.60 Å². The molecule has 2 heterocycles. The zero-order chi connectivity index (χ0) is 36.9. The number of carbonyl (C=O) groups excluding carboxylic acids is 2. The fourth-order valence-electron chi connectivity index (χ4n) is 7.83. The number of nitrogens with zero attached hydrogens (tertiary/aromatic N) is 2. The summed E-state index contributed by atoms with van der Waals surface area (Å²) in [4.78, 5) is 31.1. The summed E-state index contributed by atoms with van der Waals surface area (Å²) in [6.45, 7) is 25.8. The summed E-state index contributed by atoms with van der Waals surface area (Å²) >= 11 is 5.01. The quantitative estimate of drug-likeness (QED) is 0.196. The Morgan fingerprint density at radius 1 is 0.800 bits per heavy atom. The molecule has 6 rings (SSSR count). The highest BCUT2D eigenvalue weighted by atomic mass is 79.9. The number of likely N-dealkylation sites (tertiary alicyclic amines) is 1. The summed E-state index contributed by atoms with van der Waals surface area (Å²) in [5.74, 6) is 0.581. The average molecular weight is 764 g/mol. The third-order valence-electron chi connectivity index (χ3n) is 11.5. The van der Waals surface area contributed by atoms with Crippen LogP contribution in [0.3, 0.4) is 0 Å². The molecule has 3 aromatic rings. The third-order valence-corrected chi connectivity index (χ3v) is 13.0. The van der Waals surface area contributed by atoms with Gasteiger partial charge in [-0.05, 0) is 115 Å². The molecule has 1 amide bonds. The van der Waals surface area contributed by atoms with Crippen molar-refractivity contribution in [2.75, 3.05) is 18.4 Å². The van der Waals surface area contributed by atoms with E-state index in [1.807, 2.05) is 31.7 Å². The van der Waals surface area contributed by atoms with Crippen LogP contribution in [0.4, 0.5) is 4.79 Å². The molecule has 5 nitrogen and oxygen atoms in total. The number of benzene rings is 2. The van der Waals surface area contributed by atoms with Gasteiger partial charge < -0.3 is 9.64 Å². The van der Waals surface area contributed by atoms with Crippen molar-refractivity contribution in [1.29, 1.82) is 0 Å². The first-order chi connectivity index (χ1) is 23.1. The molecule has 2 aliphatic carbocycles. The first-order valence-electron chi connectivity index (χ1n) is 18.5. The second kappa shape index (κ2) is 14.1. The zero-order valence-electron chi connectivity index (χ0n) is 32.4. The van der Waals surface area contributed by atoms with Crippen LogP contribution in [0, 0.1) is 0 Å². The molecule has 1 fully saturated rings. The molecule has 1 aromatic heterocycles. The number of rotatable bonds is 4. The van der Waals surface area contributed by atoms with Crippen molar-refractivity contribution >= 4 is 39.1 Å². The second-order valence-corrected chi connectivity index (χ2v) is 19.9. The van der Waals surface area contributed by atoms with Crippen LogP contribution in [0.1, 0.15) is 158 Å². The highest BCUT2D eigenvalue weighted by molar-refractivity contribution is 9.09. The maximum atomic E-state index is 12.4. The van der Waals surface area contributed by atoms with E-state index in [0.29, 0.717) is 11.2 Å². The summed E-state index contributed by atoms with van der Waals surface area (Å²) in [6.07, 6.45) is 6.52. The standard InChI is InChI=1S/C27H38N2O2S.C16H21BrO/c1-25(2,3)31-24(30)29-14-10-18(11-15-29)23-28-22(17-32-23)19-8-9-20-21(16-19)27(6,7)13-12-26(20,4)5;1-15(2)7-8-16(3,4)13-9-11(14(18)10-17)5-6-12(13)15/h8-9,16-18H,10-15H2,1-7H3;5-6,9H,7-8,10H2,1-4H3. The maximum Gasteiger partial charge on any atom is 0.410 e. The van der Waals surface area contributed by atoms with Gasteiger partial charge in [0.25, 0.3) is 0 Å².